The van der Waals surface area contributed by atoms with Crippen LogP contribution in [0.1, 0.15) is 13.8 Å². The summed E-state index contributed by atoms with van der Waals surface area (Å²) in [5.74, 6) is 0. The van der Waals surface area contributed by atoms with Crippen molar-refractivity contribution in [1.29, 1.82) is 0 Å². The third kappa shape index (κ3) is 3.66. The van der Waals surface area contributed by atoms with Crippen LogP contribution in [0.3, 0.4) is 0 Å². The standard InChI is InChI=1S/C11H16BrN3O2S.ClH/c1-8-7-15(9(2)4-14-8)18(16,17)11-3-10(12)5-13-6-11;/h3,5-6,8-9,14H,4,7H2,1-2H3;1H. The molecule has 1 aliphatic rings. The minimum atomic E-state index is -3.47. The summed E-state index contributed by atoms with van der Waals surface area (Å²) in [5.41, 5.74) is 0. The SMILES string of the molecule is CC1CN(S(=O)(=O)c2cncc(Br)c2)C(C)CN1.Cl. The van der Waals surface area contributed by atoms with Crippen LogP contribution in [0.5, 0.6) is 0 Å². The molecule has 8 heteroatoms. The molecule has 1 aromatic heterocycles. The zero-order chi connectivity index (χ0) is 13.3. The van der Waals surface area contributed by atoms with E-state index in [1.165, 1.54) is 10.5 Å². The Morgan fingerprint density at radius 2 is 2.11 bits per heavy atom. The summed E-state index contributed by atoms with van der Waals surface area (Å²) in [5, 5.41) is 3.27. The molecular weight excluding hydrogens is 354 g/mol. The van der Waals surface area contributed by atoms with Crippen LogP contribution in [0.15, 0.2) is 27.8 Å². The number of hydrogen-bond donors (Lipinski definition) is 1. The van der Waals surface area contributed by atoms with E-state index in [1.807, 2.05) is 13.8 Å². The molecule has 2 heterocycles. The second kappa shape index (κ2) is 6.49. The maximum atomic E-state index is 12.5. The molecule has 2 unspecified atom stereocenters. The van der Waals surface area contributed by atoms with Gasteiger partial charge in [0.2, 0.25) is 10.0 Å². The lowest BCUT2D eigenvalue weighted by Gasteiger charge is -2.36. The van der Waals surface area contributed by atoms with Crippen molar-refractivity contribution in [3.63, 3.8) is 0 Å². The number of hydrogen-bond acceptors (Lipinski definition) is 4. The van der Waals surface area contributed by atoms with Crippen LogP contribution in [0.25, 0.3) is 0 Å². The smallest absolute Gasteiger partial charge is 0.244 e. The van der Waals surface area contributed by atoms with Gasteiger partial charge in [-0.05, 0) is 35.8 Å². The summed E-state index contributed by atoms with van der Waals surface area (Å²) in [6, 6.07) is 1.70. The van der Waals surface area contributed by atoms with Gasteiger partial charge in [0.25, 0.3) is 0 Å². The van der Waals surface area contributed by atoms with Gasteiger partial charge in [0.15, 0.2) is 0 Å². The van der Waals surface area contributed by atoms with Crippen molar-refractivity contribution in [1.82, 2.24) is 14.6 Å². The highest BCUT2D eigenvalue weighted by atomic mass is 79.9. The number of pyridine rings is 1. The predicted octanol–water partition coefficient (Wildman–Crippen LogP) is 1.64. The molecular formula is C11H17BrClN3O2S. The molecule has 19 heavy (non-hydrogen) atoms. The Labute approximate surface area is 128 Å². The Hall–Kier alpha value is -0.210. The lowest BCUT2D eigenvalue weighted by molar-refractivity contribution is 0.244. The van der Waals surface area contributed by atoms with E-state index in [-0.39, 0.29) is 29.4 Å². The Bertz CT molecular complexity index is 540. The number of halogens is 2. The van der Waals surface area contributed by atoms with E-state index in [0.717, 1.165) is 0 Å². The molecule has 0 aromatic carbocycles. The molecule has 2 rings (SSSR count). The van der Waals surface area contributed by atoms with Gasteiger partial charge in [-0.25, -0.2) is 8.42 Å². The fraction of sp³-hybridized carbons (Fsp3) is 0.545. The maximum absolute atomic E-state index is 12.5. The number of sulfonamides is 1. The minimum absolute atomic E-state index is 0. The van der Waals surface area contributed by atoms with Crippen LogP contribution in [0.4, 0.5) is 0 Å². The third-order valence-corrected chi connectivity index (χ3v) is 5.37. The molecule has 0 saturated carbocycles. The summed E-state index contributed by atoms with van der Waals surface area (Å²) in [7, 11) is -3.47. The van der Waals surface area contributed by atoms with E-state index in [9.17, 15) is 8.42 Å². The minimum Gasteiger partial charge on any atom is -0.311 e. The van der Waals surface area contributed by atoms with Gasteiger partial charge in [0.05, 0.1) is 0 Å². The second-order valence-electron chi connectivity index (χ2n) is 4.57. The Morgan fingerprint density at radius 3 is 2.74 bits per heavy atom. The maximum Gasteiger partial charge on any atom is 0.244 e. The largest absolute Gasteiger partial charge is 0.311 e. The van der Waals surface area contributed by atoms with Crippen LogP contribution >= 0.6 is 28.3 Å². The fourth-order valence-electron chi connectivity index (χ4n) is 1.99. The van der Waals surface area contributed by atoms with E-state index in [1.54, 1.807) is 12.3 Å². The van der Waals surface area contributed by atoms with Gasteiger partial charge >= 0.3 is 0 Å². The summed E-state index contributed by atoms with van der Waals surface area (Å²) in [4.78, 5) is 4.16. The molecule has 0 radical (unpaired) electrons. The highest BCUT2D eigenvalue weighted by Gasteiger charge is 2.33. The Morgan fingerprint density at radius 1 is 1.42 bits per heavy atom. The van der Waals surface area contributed by atoms with E-state index in [2.05, 4.69) is 26.2 Å². The Kier molecular flexibility index (Phi) is 5.76. The molecule has 1 N–H and O–H groups in total. The first kappa shape index (κ1) is 16.8. The van der Waals surface area contributed by atoms with E-state index in [4.69, 9.17) is 0 Å². The van der Waals surface area contributed by atoms with Crippen LogP contribution in [-0.4, -0.2) is 42.9 Å². The molecule has 0 amide bonds. The quantitative estimate of drug-likeness (QED) is 0.859. The van der Waals surface area contributed by atoms with Gasteiger partial charge in [-0.15, -0.1) is 12.4 Å². The zero-order valence-corrected chi connectivity index (χ0v) is 13.9. The first-order chi connectivity index (χ1) is 8.41. The van der Waals surface area contributed by atoms with Crippen molar-refractivity contribution < 1.29 is 8.42 Å². The highest BCUT2D eigenvalue weighted by molar-refractivity contribution is 9.10. The van der Waals surface area contributed by atoms with E-state index < -0.39 is 10.0 Å². The number of rotatable bonds is 2. The number of nitrogens with one attached hydrogen (secondary N) is 1. The average Bonchev–Trinajstić information content (AvgIpc) is 2.32. The topological polar surface area (TPSA) is 62.3 Å². The summed E-state index contributed by atoms with van der Waals surface area (Å²) >= 11 is 3.25. The average molecular weight is 371 g/mol. The van der Waals surface area contributed by atoms with Gasteiger partial charge < -0.3 is 5.32 Å². The molecule has 1 saturated heterocycles. The van der Waals surface area contributed by atoms with Gasteiger partial charge in [0.1, 0.15) is 4.90 Å². The van der Waals surface area contributed by atoms with Crippen molar-refractivity contribution in [2.75, 3.05) is 13.1 Å². The van der Waals surface area contributed by atoms with Crippen LogP contribution in [0.2, 0.25) is 0 Å². The summed E-state index contributed by atoms with van der Waals surface area (Å²) in [6.07, 6.45) is 2.96. The summed E-state index contributed by atoms with van der Waals surface area (Å²) in [6.45, 7) is 5.03. The van der Waals surface area contributed by atoms with Gasteiger partial charge in [-0.1, -0.05) is 0 Å². The van der Waals surface area contributed by atoms with Crippen LogP contribution in [-0.2, 0) is 10.0 Å². The molecule has 1 aromatic rings. The normalized spacial score (nSPS) is 24.8. The van der Waals surface area contributed by atoms with Gasteiger partial charge in [0, 0.05) is 42.0 Å². The lowest BCUT2D eigenvalue weighted by Crippen LogP contribution is -2.56. The number of aromatic nitrogens is 1. The fourth-order valence-corrected chi connectivity index (χ4v) is 4.22. The molecule has 5 nitrogen and oxygen atoms in total. The van der Waals surface area contributed by atoms with Crippen molar-refractivity contribution >= 4 is 38.4 Å². The van der Waals surface area contributed by atoms with E-state index >= 15 is 0 Å². The van der Waals surface area contributed by atoms with Crippen molar-refractivity contribution in [3.8, 4) is 0 Å². The highest BCUT2D eigenvalue weighted by Crippen LogP contribution is 2.22. The van der Waals surface area contributed by atoms with Gasteiger partial charge in [-0.3, -0.25) is 4.98 Å². The molecule has 0 bridgehead atoms. The monoisotopic (exact) mass is 369 g/mol. The lowest BCUT2D eigenvalue weighted by atomic mass is 10.2. The Balaban J connectivity index is 0.00000180. The van der Waals surface area contributed by atoms with Crippen LogP contribution in [0, 0.1) is 0 Å². The summed E-state index contributed by atoms with van der Waals surface area (Å²) < 4.78 is 27.3. The van der Waals surface area contributed by atoms with Crippen molar-refractivity contribution in [3.05, 3.63) is 22.9 Å². The number of nitrogens with zero attached hydrogens (tertiary/aromatic N) is 2. The molecule has 108 valence electrons. The van der Waals surface area contributed by atoms with Crippen LogP contribution < -0.4 is 5.32 Å². The second-order valence-corrected chi connectivity index (χ2v) is 7.38. The van der Waals surface area contributed by atoms with Gasteiger partial charge in [-0.2, -0.15) is 4.31 Å². The molecule has 0 aliphatic carbocycles. The molecule has 1 aliphatic heterocycles. The molecule has 1 fully saturated rings. The zero-order valence-electron chi connectivity index (χ0n) is 10.7. The first-order valence-electron chi connectivity index (χ1n) is 5.77. The van der Waals surface area contributed by atoms with Crippen molar-refractivity contribution in [2.24, 2.45) is 0 Å². The van der Waals surface area contributed by atoms with E-state index in [0.29, 0.717) is 17.6 Å². The number of piperazine rings is 1. The van der Waals surface area contributed by atoms with Crippen molar-refractivity contribution in [2.45, 2.75) is 30.8 Å². The molecule has 0 spiro atoms. The molecule has 2 atom stereocenters. The first-order valence-corrected chi connectivity index (χ1v) is 8.00. The third-order valence-electron chi connectivity index (χ3n) is 2.99. The predicted molar refractivity (Wildman–Crippen MR) is 80.0 cm³/mol.